The van der Waals surface area contributed by atoms with Crippen LogP contribution in [0.1, 0.15) is 5.82 Å². The number of thioether (sulfide) groups is 1. The molecule has 6 N–H and O–H groups in total. The van der Waals surface area contributed by atoms with E-state index >= 15 is 0 Å². The van der Waals surface area contributed by atoms with Gasteiger partial charge in [-0.2, -0.15) is 15.0 Å². The Morgan fingerprint density at radius 3 is 2.41 bits per heavy atom. The molecule has 0 aliphatic carbocycles. The fraction of sp³-hybridized carbons (Fsp3) is 0.111. The molecule has 0 radical (unpaired) electrons. The van der Waals surface area contributed by atoms with Gasteiger partial charge in [-0.15, -0.1) is 0 Å². The Morgan fingerprint density at radius 1 is 1.06 bits per heavy atom. The van der Waals surface area contributed by atoms with Gasteiger partial charge in [-0.1, -0.05) is 11.8 Å². The van der Waals surface area contributed by atoms with Crippen molar-refractivity contribution in [3.05, 3.63) is 24.2 Å². The molecule has 0 aliphatic rings. The van der Waals surface area contributed by atoms with Crippen LogP contribution in [-0.4, -0.2) is 19.9 Å². The summed E-state index contributed by atoms with van der Waals surface area (Å²) < 4.78 is 0. The van der Waals surface area contributed by atoms with Gasteiger partial charge in [-0.05, 0) is 12.1 Å². The zero-order chi connectivity index (χ0) is 12.3. The second-order valence-electron chi connectivity index (χ2n) is 3.15. The number of rotatable bonds is 3. The summed E-state index contributed by atoms with van der Waals surface area (Å²) in [4.78, 5) is 15.8. The number of nitrogens with zero attached hydrogens (tertiary/aromatic N) is 4. The summed E-state index contributed by atoms with van der Waals surface area (Å²) in [7, 11) is 0. The van der Waals surface area contributed by atoms with Gasteiger partial charge < -0.3 is 17.2 Å². The first-order valence-corrected chi connectivity index (χ1v) is 5.73. The summed E-state index contributed by atoms with van der Waals surface area (Å²) in [6, 6.07) is 3.56. The van der Waals surface area contributed by atoms with Crippen LogP contribution in [0.4, 0.5) is 17.6 Å². The Morgan fingerprint density at radius 2 is 1.76 bits per heavy atom. The molecule has 0 aromatic carbocycles. The molecule has 88 valence electrons. The van der Waals surface area contributed by atoms with Crippen LogP contribution in [0, 0.1) is 0 Å². The number of anilines is 3. The molecule has 0 bridgehead atoms. The van der Waals surface area contributed by atoms with Gasteiger partial charge in [0.2, 0.25) is 11.9 Å². The highest BCUT2D eigenvalue weighted by atomic mass is 32.2. The Labute approximate surface area is 102 Å². The normalized spacial score (nSPS) is 10.4. The van der Waals surface area contributed by atoms with Crippen molar-refractivity contribution >= 4 is 29.3 Å². The third-order valence-electron chi connectivity index (χ3n) is 1.85. The number of hydrogen-bond acceptors (Lipinski definition) is 8. The van der Waals surface area contributed by atoms with E-state index in [1.807, 2.05) is 0 Å². The van der Waals surface area contributed by atoms with Crippen LogP contribution in [0.2, 0.25) is 0 Å². The molecule has 0 aliphatic heterocycles. The highest BCUT2D eigenvalue weighted by Gasteiger charge is 2.05. The van der Waals surface area contributed by atoms with Crippen LogP contribution in [0.5, 0.6) is 0 Å². The summed E-state index contributed by atoms with van der Waals surface area (Å²) in [5.74, 6) is 1.22. The van der Waals surface area contributed by atoms with E-state index in [2.05, 4.69) is 19.9 Å². The molecule has 2 heterocycles. The topological polar surface area (TPSA) is 130 Å². The van der Waals surface area contributed by atoms with Gasteiger partial charge >= 0.3 is 0 Å². The molecule has 0 unspecified atom stereocenters. The van der Waals surface area contributed by atoms with Gasteiger partial charge in [0.15, 0.2) is 0 Å². The molecule has 0 spiro atoms. The van der Waals surface area contributed by atoms with Crippen molar-refractivity contribution < 1.29 is 0 Å². The molecule has 0 atom stereocenters. The quantitative estimate of drug-likeness (QED) is 0.662. The molecular weight excluding hydrogens is 238 g/mol. The van der Waals surface area contributed by atoms with Crippen molar-refractivity contribution in [3.8, 4) is 0 Å². The molecular formula is C9H11N7S. The van der Waals surface area contributed by atoms with Crippen LogP contribution in [0.3, 0.4) is 0 Å². The monoisotopic (exact) mass is 249 g/mol. The van der Waals surface area contributed by atoms with Gasteiger partial charge in [-0.3, -0.25) is 0 Å². The third kappa shape index (κ3) is 2.94. The standard InChI is InChI=1S/C9H11N7S/c10-5-2-1-3-13-7(5)17-4-6-14-8(11)16-9(12)15-6/h1-3H,4,10H2,(H4,11,12,14,15,16). The highest BCUT2D eigenvalue weighted by molar-refractivity contribution is 7.98. The van der Waals surface area contributed by atoms with E-state index in [-0.39, 0.29) is 11.9 Å². The van der Waals surface area contributed by atoms with Crippen molar-refractivity contribution in [3.63, 3.8) is 0 Å². The first-order chi connectivity index (χ1) is 8.15. The lowest BCUT2D eigenvalue weighted by Gasteiger charge is -2.03. The van der Waals surface area contributed by atoms with E-state index < -0.39 is 0 Å². The molecule has 7 nitrogen and oxygen atoms in total. The number of pyridine rings is 1. The predicted molar refractivity (Wildman–Crippen MR) is 66.9 cm³/mol. The Kier molecular flexibility index (Phi) is 3.24. The van der Waals surface area contributed by atoms with Gasteiger partial charge in [0.05, 0.1) is 11.4 Å². The summed E-state index contributed by atoms with van der Waals surface area (Å²) >= 11 is 1.42. The molecule has 8 heteroatoms. The Hall–Kier alpha value is -2.09. The number of nitrogens with two attached hydrogens (primary N) is 3. The van der Waals surface area contributed by atoms with Crippen LogP contribution < -0.4 is 17.2 Å². The zero-order valence-corrected chi connectivity index (χ0v) is 9.68. The van der Waals surface area contributed by atoms with Crippen molar-refractivity contribution in [1.29, 1.82) is 0 Å². The van der Waals surface area contributed by atoms with E-state index in [0.717, 1.165) is 5.03 Å². The Bertz CT molecular complexity index is 510. The molecule has 2 rings (SSSR count). The van der Waals surface area contributed by atoms with Gasteiger partial charge in [-0.25, -0.2) is 4.98 Å². The molecule has 2 aromatic rings. The van der Waals surface area contributed by atoms with E-state index in [1.165, 1.54) is 11.8 Å². The molecule has 17 heavy (non-hydrogen) atoms. The first-order valence-electron chi connectivity index (χ1n) is 4.74. The fourth-order valence-electron chi connectivity index (χ4n) is 1.18. The molecule has 0 saturated carbocycles. The second-order valence-corrected chi connectivity index (χ2v) is 4.12. The van der Waals surface area contributed by atoms with Crippen molar-refractivity contribution in [2.75, 3.05) is 17.2 Å². The van der Waals surface area contributed by atoms with Crippen molar-refractivity contribution in [2.45, 2.75) is 10.8 Å². The lowest BCUT2D eigenvalue weighted by Crippen LogP contribution is -2.06. The minimum absolute atomic E-state index is 0.113. The maximum absolute atomic E-state index is 5.76. The smallest absolute Gasteiger partial charge is 0.225 e. The third-order valence-corrected chi connectivity index (χ3v) is 2.87. The average Bonchev–Trinajstić information content (AvgIpc) is 2.27. The van der Waals surface area contributed by atoms with E-state index in [4.69, 9.17) is 17.2 Å². The summed E-state index contributed by atoms with van der Waals surface area (Å²) in [5, 5.41) is 0.727. The number of hydrogen-bond donors (Lipinski definition) is 3. The second kappa shape index (κ2) is 4.83. The molecule has 0 amide bonds. The average molecular weight is 249 g/mol. The Balaban J connectivity index is 2.10. The largest absolute Gasteiger partial charge is 0.397 e. The lowest BCUT2D eigenvalue weighted by molar-refractivity contribution is 0.985. The van der Waals surface area contributed by atoms with Crippen LogP contribution in [-0.2, 0) is 5.75 Å². The highest BCUT2D eigenvalue weighted by Crippen LogP contribution is 2.24. The van der Waals surface area contributed by atoms with Crippen molar-refractivity contribution in [1.82, 2.24) is 19.9 Å². The SMILES string of the molecule is Nc1nc(N)nc(CSc2ncccc2N)n1. The zero-order valence-electron chi connectivity index (χ0n) is 8.87. The van der Waals surface area contributed by atoms with E-state index in [0.29, 0.717) is 17.3 Å². The fourth-order valence-corrected chi connectivity index (χ4v) is 1.94. The summed E-state index contributed by atoms with van der Waals surface area (Å²) in [6.07, 6.45) is 1.68. The molecule has 0 saturated heterocycles. The predicted octanol–water partition coefficient (Wildman–Crippen LogP) is 0.305. The number of nitrogen functional groups attached to an aromatic ring is 3. The maximum atomic E-state index is 5.76. The summed E-state index contributed by atoms with van der Waals surface area (Å²) in [5.41, 5.74) is 17.3. The van der Waals surface area contributed by atoms with Gasteiger partial charge in [0.25, 0.3) is 0 Å². The molecule has 2 aromatic heterocycles. The van der Waals surface area contributed by atoms with Gasteiger partial charge in [0, 0.05) is 6.20 Å². The van der Waals surface area contributed by atoms with E-state index in [9.17, 15) is 0 Å². The van der Waals surface area contributed by atoms with Crippen LogP contribution >= 0.6 is 11.8 Å². The van der Waals surface area contributed by atoms with Gasteiger partial charge in [0.1, 0.15) is 10.9 Å². The first kappa shape index (κ1) is 11.4. The van der Waals surface area contributed by atoms with E-state index in [1.54, 1.807) is 18.3 Å². The van der Waals surface area contributed by atoms with Crippen molar-refractivity contribution in [2.24, 2.45) is 0 Å². The number of aromatic nitrogens is 4. The molecule has 0 fully saturated rings. The lowest BCUT2D eigenvalue weighted by atomic mass is 10.4. The van der Waals surface area contributed by atoms with Crippen LogP contribution in [0.25, 0.3) is 0 Å². The maximum Gasteiger partial charge on any atom is 0.225 e. The summed E-state index contributed by atoms with van der Waals surface area (Å²) in [6.45, 7) is 0. The minimum Gasteiger partial charge on any atom is -0.397 e. The minimum atomic E-state index is 0.113. The van der Waals surface area contributed by atoms with Crippen LogP contribution in [0.15, 0.2) is 23.4 Å².